The Balaban J connectivity index is 1.38. The molecule has 1 aromatic heterocycles. The van der Waals surface area contributed by atoms with Crippen molar-refractivity contribution in [3.63, 3.8) is 0 Å². The summed E-state index contributed by atoms with van der Waals surface area (Å²) in [5.41, 5.74) is 0.931. The van der Waals surface area contributed by atoms with Crippen LogP contribution in [0.3, 0.4) is 0 Å². The first-order chi connectivity index (χ1) is 23.4. The molecule has 49 heavy (non-hydrogen) atoms. The summed E-state index contributed by atoms with van der Waals surface area (Å²) in [5.74, 6) is 0.788. The molecular weight excluding hydrogens is 673 g/mol. The molecule has 0 bridgehead atoms. The molecule has 0 aliphatic carbocycles. The maximum Gasteiger partial charge on any atom is 0.321 e. The summed E-state index contributed by atoms with van der Waals surface area (Å²) in [6.07, 6.45) is 1.56. The van der Waals surface area contributed by atoms with Gasteiger partial charge in [0, 0.05) is 50.1 Å². The maximum atomic E-state index is 14.4. The van der Waals surface area contributed by atoms with E-state index < -0.39 is 28.1 Å². The van der Waals surface area contributed by atoms with Crippen LogP contribution in [0, 0.1) is 5.92 Å². The number of benzene rings is 2. The van der Waals surface area contributed by atoms with Gasteiger partial charge < -0.3 is 39.2 Å². The summed E-state index contributed by atoms with van der Waals surface area (Å²) in [7, 11) is -2.19. The fourth-order valence-corrected chi connectivity index (χ4v) is 7.66. The Morgan fingerprint density at radius 1 is 1.08 bits per heavy atom. The minimum absolute atomic E-state index is 0.130. The molecule has 15 heteroatoms. The monoisotopic (exact) mass is 716 g/mol. The number of carbonyl (C=O) groups is 2. The van der Waals surface area contributed by atoms with Crippen LogP contribution >= 0.6 is 11.3 Å². The molecular formula is C34H44N4O9S2. The number of carbonyl (C=O) groups excluding carboxylic acids is 2. The number of amides is 3. The molecule has 0 saturated heterocycles. The number of urea groups is 1. The molecule has 4 atom stereocenters. The summed E-state index contributed by atoms with van der Waals surface area (Å²) < 4.78 is 52.1. The predicted octanol–water partition coefficient (Wildman–Crippen LogP) is 5.24. The lowest BCUT2D eigenvalue weighted by Crippen LogP contribution is -2.48. The minimum Gasteiger partial charge on any atom is -0.490 e. The maximum absolute atomic E-state index is 14.4. The van der Waals surface area contributed by atoms with E-state index in [1.807, 2.05) is 13.8 Å². The Bertz CT molecular complexity index is 1700. The molecule has 2 aromatic carbocycles. The lowest BCUT2D eigenvalue weighted by molar-refractivity contribution is -0.0115. The highest BCUT2D eigenvalue weighted by Gasteiger charge is 2.31. The van der Waals surface area contributed by atoms with Gasteiger partial charge in [-0.15, -0.1) is 11.3 Å². The third kappa shape index (κ3) is 9.15. The summed E-state index contributed by atoms with van der Waals surface area (Å²) in [6.45, 7) is 6.29. The van der Waals surface area contributed by atoms with Gasteiger partial charge in [-0.05, 0) is 74.9 Å². The van der Waals surface area contributed by atoms with Gasteiger partial charge in [0.1, 0.15) is 9.96 Å². The van der Waals surface area contributed by atoms with Crippen LogP contribution in [0.4, 0.5) is 16.2 Å². The first-order valence-electron chi connectivity index (χ1n) is 16.3. The molecule has 0 radical (unpaired) electrons. The smallest absolute Gasteiger partial charge is 0.321 e. The summed E-state index contributed by atoms with van der Waals surface area (Å²) in [4.78, 5) is 30.7. The Morgan fingerprint density at radius 2 is 1.84 bits per heavy atom. The quantitative estimate of drug-likeness (QED) is 0.284. The average Bonchev–Trinajstić information content (AvgIpc) is 3.79. The van der Waals surface area contributed by atoms with Crippen LogP contribution < -0.4 is 24.2 Å². The van der Waals surface area contributed by atoms with Crippen molar-refractivity contribution in [3.05, 3.63) is 59.5 Å². The number of aliphatic hydroxyl groups is 1. The molecule has 2 aliphatic rings. The first kappa shape index (κ1) is 36.2. The van der Waals surface area contributed by atoms with Gasteiger partial charge >= 0.3 is 6.03 Å². The van der Waals surface area contributed by atoms with E-state index in [4.69, 9.17) is 18.9 Å². The Hall–Kier alpha value is -4.05. The lowest BCUT2D eigenvalue weighted by atomic mass is 10.0. The van der Waals surface area contributed by atoms with Crippen molar-refractivity contribution in [2.45, 2.75) is 62.5 Å². The number of nitrogens with zero attached hydrogens (tertiary/aromatic N) is 2. The molecule has 3 heterocycles. The third-order valence-electron chi connectivity index (χ3n) is 8.49. The summed E-state index contributed by atoms with van der Waals surface area (Å²) in [6, 6.07) is 12.1. The van der Waals surface area contributed by atoms with E-state index in [1.54, 1.807) is 60.6 Å². The first-order valence-corrected chi connectivity index (χ1v) is 18.6. The minimum atomic E-state index is -3.87. The number of likely N-dealkylation sites (N-methyl/N-ethyl adjacent to an activating group) is 1. The van der Waals surface area contributed by atoms with Crippen molar-refractivity contribution >= 4 is 44.7 Å². The van der Waals surface area contributed by atoms with Crippen LogP contribution in [0.25, 0.3) is 0 Å². The van der Waals surface area contributed by atoms with Crippen molar-refractivity contribution in [1.29, 1.82) is 0 Å². The molecule has 3 aromatic rings. The van der Waals surface area contributed by atoms with E-state index in [2.05, 4.69) is 10.0 Å². The van der Waals surface area contributed by atoms with Gasteiger partial charge in [-0.3, -0.25) is 9.52 Å². The van der Waals surface area contributed by atoms with Crippen LogP contribution in [-0.4, -0.2) is 93.7 Å². The normalized spacial score (nSPS) is 20.8. The molecule has 13 nitrogen and oxygen atoms in total. The van der Waals surface area contributed by atoms with Crippen LogP contribution in [-0.2, 0) is 14.8 Å². The van der Waals surface area contributed by atoms with Crippen molar-refractivity contribution < 1.29 is 42.1 Å². The fourth-order valence-electron chi connectivity index (χ4n) is 5.62. The van der Waals surface area contributed by atoms with Gasteiger partial charge in [0.05, 0.1) is 30.4 Å². The standard InChI is InChI=1S/C34H44N4O9S2/c1-22-18-38(23(2)20-39)33(40)27-16-26(36-49(42,43)32-9-7-15-48-32)11-12-28(27)47-24(3)8-5-6-14-44-31(22)19-37(4)34(41)35-25-10-13-29-30(17-25)46-21-45-29/h7,9-13,15-17,22-24,31,36,39H,5-6,8,14,18-21H2,1-4H3,(H,35,41)/t22-,23+,24+,31-/m1/s1. The number of fused-ring (bicyclic) bond motifs is 2. The predicted molar refractivity (Wildman–Crippen MR) is 186 cm³/mol. The van der Waals surface area contributed by atoms with Gasteiger partial charge in [-0.25, -0.2) is 13.2 Å². The van der Waals surface area contributed by atoms with Crippen LogP contribution in [0.5, 0.6) is 17.2 Å². The second-order valence-corrected chi connectivity index (χ2v) is 15.3. The highest BCUT2D eigenvalue weighted by atomic mass is 32.2. The van der Waals surface area contributed by atoms with E-state index in [0.717, 1.165) is 24.2 Å². The number of aliphatic hydroxyl groups excluding tert-OH is 1. The molecule has 266 valence electrons. The summed E-state index contributed by atoms with van der Waals surface area (Å²) >= 11 is 1.09. The van der Waals surface area contributed by atoms with Gasteiger partial charge in [-0.1, -0.05) is 13.0 Å². The Kier molecular flexibility index (Phi) is 11.9. The van der Waals surface area contributed by atoms with Crippen molar-refractivity contribution in [2.24, 2.45) is 5.92 Å². The topological polar surface area (TPSA) is 156 Å². The zero-order valence-corrected chi connectivity index (χ0v) is 29.7. The number of rotatable bonds is 8. The number of sulfonamides is 1. The zero-order chi connectivity index (χ0) is 35.1. The van der Waals surface area contributed by atoms with E-state index >= 15 is 0 Å². The molecule has 0 spiro atoms. The molecule has 0 saturated carbocycles. The number of thiophene rings is 1. The van der Waals surface area contributed by atoms with E-state index in [-0.39, 0.29) is 60.0 Å². The van der Waals surface area contributed by atoms with E-state index in [9.17, 15) is 23.1 Å². The van der Waals surface area contributed by atoms with Crippen molar-refractivity contribution in [1.82, 2.24) is 9.80 Å². The lowest BCUT2D eigenvalue weighted by Gasteiger charge is -2.35. The second-order valence-electron chi connectivity index (χ2n) is 12.4. The molecule has 2 aliphatic heterocycles. The number of nitrogens with one attached hydrogen (secondary N) is 2. The van der Waals surface area contributed by atoms with Gasteiger partial charge in [-0.2, -0.15) is 0 Å². The van der Waals surface area contributed by atoms with Gasteiger partial charge in [0.25, 0.3) is 15.9 Å². The molecule has 0 fully saturated rings. The third-order valence-corrected chi connectivity index (χ3v) is 11.3. The number of ether oxygens (including phenoxy) is 4. The highest BCUT2D eigenvalue weighted by Crippen LogP contribution is 2.34. The van der Waals surface area contributed by atoms with Gasteiger partial charge in [0.2, 0.25) is 6.79 Å². The Morgan fingerprint density at radius 3 is 2.59 bits per heavy atom. The van der Waals surface area contributed by atoms with Crippen molar-refractivity contribution in [3.8, 4) is 17.2 Å². The number of anilines is 2. The average molecular weight is 717 g/mol. The fraction of sp³-hybridized carbons (Fsp3) is 0.471. The largest absolute Gasteiger partial charge is 0.490 e. The molecule has 0 unspecified atom stereocenters. The number of hydrogen-bond donors (Lipinski definition) is 3. The van der Waals surface area contributed by atoms with Gasteiger partial charge in [0.15, 0.2) is 11.5 Å². The van der Waals surface area contributed by atoms with E-state index in [1.165, 1.54) is 17.0 Å². The van der Waals surface area contributed by atoms with Crippen LogP contribution in [0.1, 0.15) is 50.4 Å². The van der Waals surface area contributed by atoms with Crippen LogP contribution in [0.2, 0.25) is 0 Å². The molecule has 3 amide bonds. The van der Waals surface area contributed by atoms with E-state index in [0.29, 0.717) is 36.0 Å². The molecule has 3 N–H and O–H groups in total. The van der Waals surface area contributed by atoms with Crippen LogP contribution in [0.15, 0.2) is 58.1 Å². The highest BCUT2D eigenvalue weighted by molar-refractivity contribution is 7.94. The zero-order valence-electron chi connectivity index (χ0n) is 28.1. The second kappa shape index (κ2) is 16.1. The summed E-state index contributed by atoms with van der Waals surface area (Å²) in [5, 5.41) is 14.8. The number of hydrogen-bond acceptors (Lipinski definition) is 10. The molecule has 5 rings (SSSR count). The van der Waals surface area contributed by atoms with Crippen molar-refractivity contribution in [2.75, 3.05) is 50.2 Å². The Labute approximate surface area is 291 Å². The SMILES string of the molecule is C[C@@H]1CN([C@@H](C)CO)C(=O)c2cc(NS(=O)(=O)c3cccs3)ccc2O[C@@H](C)CCCCO[C@@H]1CN(C)C(=O)Nc1ccc2c(c1)OCO2.